The Morgan fingerprint density at radius 3 is 2.75 bits per heavy atom. The van der Waals surface area contributed by atoms with Gasteiger partial charge in [0.2, 0.25) is 0 Å². The molecule has 2 amide bonds. The van der Waals surface area contributed by atoms with Crippen molar-refractivity contribution < 1.29 is 9.90 Å². The van der Waals surface area contributed by atoms with Crippen molar-refractivity contribution >= 4 is 6.03 Å². The van der Waals surface area contributed by atoms with Gasteiger partial charge in [-0.2, -0.15) is 0 Å². The third kappa shape index (κ3) is 3.90. The molecule has 5 nitrogen and oxygen atoms in total. The van der Waals surface area contributed by atoms with Gasteiger partial charge in [-0.05, 0) is 43.4 Å². The van der Waals surface area contributed by atoms with Crippen LogP contribution in [0.3, 0.4) is 0 Å². The molecule has 2 fully saturated rings. The molecule has 132 valence electrons. The van der Waals surface area contributed by atoms with Crippen molar-refractivity contribution in [1.29, 1.82) is 0 Å². The number of aliphatic hydroxyl groups is 1. The van der Waals surface area contributed by atoms with Gasteiger partial charge < -0.3 is 15.7 Å². The maximum Gasteiger partial charge on any atom is 0.315 e. The van der Waals surface area contributed by atoms with Crippen molar-refractivity contribution in [2.24, 2.45) is 0 Å². The van der Waals surface area contributed by atoms with Crippen molar-refractivity contribution in [3.05, 3.63) is 35.4 Å². The van der Waals surface area contributed by atoms with E-state index in [0.717, 1.165) is 31.5 Å². The molecule has 2 saturated heterocycles. The first kappa shape index (κ1) is 17.2. The summed E-state index contributed by atoms with van der Waals surface area (Å²) >= 11 is 0. The topological polar surface area (TPSA) is 64.6 Å². The van der Waals surface area contributed by atoms with E-state index in [0.29, 0.717) is 6.04 Å². The number of fused-ring (bicyclic) bond motifs is 1. The van der Waals surface area contributed by atoms with Crippen LogP contribution in [0.5, 0.6) is 0 Å². The van der Waals surface area contributed by atoms with Gasteiger partial charge in [-0.15, -0.1) is 0 Å². The van der Waals surface area contributed by atoms with Crippen LogP contribution in [0.1, 0.15) is 49.8 Å². The molecular formula is C19H29N3O2. The Bertz CT molecular complexity index is 546. The molecule has 0 aliphatic carbocycles. The van der Waals surface area contributed by atoms with Gasteiger partial charge in [-0.1, -0.05) is 37.6 Å². The van der Waals surface area contributed by atoms with Gasteiger partial charge in [0.15, 0.2) is 0 Å². The van der Waals surface area contributed by atoms with Crippen LogP contribution in [0, 0.1) is 0 Å². The summed E-state index contributed by atoms with van der Waals surface area (Å²) in [5, 5.41) is 15.7. The minimum absolute atomic E-state index is 0.0981. The van der Waals surface area contributed by atoms with E-state index in [-0.39, 0.29) is 24.7 Å². The Balaban J connectivity index is 1.56. The lowest BCUT2D eigenvalue weighted by Crippen LogP contribution is -2.50. The third-order valence-electron chi connectivity index (χ3n) is 5.45. The van der Waals surface area contributed by atoms with E-state index in [1.54, 1.807) is 0 Å². The predicted octanol–water partition coefficient (Wildman–Crippen LogP) is 2.21. The van der Waals surface area contributed by atoms with Gasteiger partial charge in [0.1, 0.15) is 0 Å². The van der Waals surface area contributed by atoms with E-state index in [1.807, 2.05) is 12.1 Å². The van der Waals surface area contributed by atoms with Crippen LogP contribution in [0.2, 0.25) is 0 Å². The Hall–Kier alpha value is -1.59. The van der Waals surface area contributed by atoms with Crippen molar-refractivity contribution in [3.8, 4) is 0 Å². The fourth-order valence-corrected chi connectivity index (χ4v) is 4.00. The van der Waals surface area contributed by atoms with E-state index in [2.05, 4.69) is 34.6 Å². The molecule has 3 atom stereocenters. The van der Waals surface area contributed by atoms with Gasteiger partial charge in [0.25, 0.3) is 0 Å². The number of hydrogen-bond donors (Lipinski definition) is 3. The zero-order valence-electron chi connectivity index (χ0n) is 14.5. The second-order valence-electron chi connectivity index (χ2n) is 6.94. The normalized spacial score (nSPS) is 25.1. The highest BCUT2D eigenvalue weighted by Gasteiger charge is 2.36. The van der Waals surface area contributed by atoms with E-state index >= 15 is 0 Å². The number of benzene rings is 1. The summed E-state index contributed by atoms with van der Waals surface area (Å²) in [5.74, 6) is 0. The second-order valence-corrected chi connectivity index (χ2v) is 6.94. The number of nitrogens with zero attached hydrogens (tertiary/aromatic N) is 1. The maximum atomic E-state index is 12.4. The summed E-state index contributed by atoms with van der Waals surface area (Å²) in [6.07, 6.45) is 5.71. The molecule has 1 aromatic carbocycles. The molecule has 3 unspecified atom stereocenters. The molecule has 3 rings (SSSR count). The number of carbonyl (C=O) groups is 1. The Morgan fingerprint density at radius 2 is 2.04 bits per heavy atom. The smallest absolute Gasteiger partial charge is 0.315 e. The van der Waals surface area contributed by atoms with Crippen LogP contribution in [0.15, 0.2) is 24.3 Å². The average molecular weight is 331 g/mol. The van der Waals surface area contributed by atoms with Crippen molar-refractivity contribution in [2.75, 3.05) is 19.7 Å². The van der Waals surface area contributed by atoms with Crippen LogP contribution in [-0.2, 0) is 6.42 Å². The maximum absolute atomic E-state index is 12.4. The molecule has 0 saturated carbocycles. The Kier molecular flexibility index (Phi) is 5.74. The fourth-order valence-electron chi connectivity index (χ4n) is 4.00. The predicted molar refractivity (Wildman–Crippen MR) is 94.9 cm³/mol. The van der Waals surface area contributed by atoms with Crippen LogP contribution >= 0.6 is 0 Å². The quantitative estimate of drug-likeness (QED) is 0.775. The lowest BCUT2D eigenvalue weighted by molar-refractivity contribution is 0.176. The van der Waals surface area contributed by atoms with Crippen LogP contribution in [0.25, 0.3) is 0 Å². The van der Waals surface area contributed by atoms with Gasteiger partial charge in [0, 0.05) is 18.6 Å². The van der Waals surface area contributed by atoms with Crippen molar-refractivity contribution in [2.45, 2.75) is 57.2 Å². The van der Waals surface area contributed by atoms with Crippen molar-refractivity contribution in [3.63, 3.8) is 0 Å². The standard InChI is InChI=1S/C19H29N3O2/c1-2-14-6-8-15(9-7-14)17(13-23)21-19(24)20-16-10-12-22-11-4-3-5-18(16)22/h6-9,16-18,23H,2-5,10-13H2,1H3,(H2,20,21,24). The summed E-state index contributed by atoms with van der Waals surface area (Å²) in [5.41, 5.74) is 2.19. The van der Waals surface area contributed by atoms with Gasteiger partial charge in [-0.25, -0.2) is 4.79 Å². The Morgan fingerprint density at radius 1 is 1.25 bits per heavy atom. The lowest BCUT2D eigenvalue weighted by Gasteiger charge is -2.32. The van der Waals surface area contributed by atoms with E-state index < -0.39 is 0 Å². The van der Waals surface area contributed by atoms with Gasteiger partial charge in [0.05, 0.1) is 12.6 Å². The van der Waals surface area contributed by atoms with E-state index in [1.165, 1.54) is 24.8 Å². The summed E-state index contributed by atoms with van der Waals surface area (Å²) in [6, 6.07) is 8.25. The van der Waals surface area contributed by atoms with E-state index in [4.69, 9.17) is 0 Å². The van der Waals surface area contributed by atoms with Gasteiger partial charge >= 0.3 is 6.03 Å². The number of carbonyl (C=O) groups excluding carboxylic acids is 1. The molecule has 0 bridgehead atoms. The summed E-state index contributed by atoms with van der Waals surface area (Å²) in [7, 11) is 0. The molecule has 24 heavy (non-hydrogen) atoms. The highest BCUT2D eigenvalue weighted by molar-refractivity contribution is 5.75. The number of amides is 2. The highest BCUT2D eigenvalue weighted by Crippen LogP contribution is 2.27. The summed E-state index contributed by atoms with van der Waals surface area (Å²) in [6.45, 7) is 4.25. The first-order valence-corrected chi connectivity index (χ1v) is 9.22. The number of rotatable bonds is 5. The van der Waals surface area contributed by atoms with Crippen molar-refractivity contribution in [1.82, 2.24) is 15.5 Å². The SMILES string of the molecule is CCc1ccc(C(CO)NC(=O)NC2CCN3CCCCC23)cc1. The summed E-state index contributed by atoms with van der Waals surface area (Å²) in [4.78, 5) is 14.9. The molecule has 5 heteroatoms. The molecule has 0 spiro atoms. The first-order chi connectivity index (χ1) is 11.7. The molecule has 3 N–H and O–H groups in total. The van der Waals surface area contributed by atoms with Crippen LogP contribution < -0.4 is 10.6 Å². The average Bonchev–Trinajstić information content (AvgIpc) is 3.03. The number of nitrogens with one attached hydrogen (secondary N) is 2. The monoisotopic (exact) mass is 331 g/mol. The van der Waals surface area contributed by atoms with Gasteiger partial charge in [-0.3, -0.25) is 4.90 Å². The number of hydrogen-bond acceptors (Lipinski definition) is 3. The lowest BCUT2D eigenvalue weighted by atomic mass is 9.99. The second kappa shape index (κ2) is 7.99. The zero-order valence-corrected chi connectivity index (χ0v) is 14.5. The molecule has 2 aliphatic rings. The Labute approximate surface area is 144 Å². The minimum atomic E-state index is -0.361. The number of aryl methyl sites for hydroxylation is 1. The highest BCUT2D eigenvalue weighted by atomic mass is 16.3. The third-order valence-corrected chi connectivity index (χ3v) is 5.45. The molecule has 0 radical (unpaired) electrons. The molecule has 2 aliphatic heterocycles. The largest absolute Gasteiger partial charge is 0.394 e. The molecule has 1 aromatic rings. The molecular weight excluding hydrogens is 302 g/mol. The fraction of sp³-hybridized carbons (Fsp3) is 0.632. The zero-order chi connectivity index (χ0) is 16.9. The van der Waals surface area contributed by atoms with Crippen LogP contribution in [0.4, 0.5) is 4.79 Å². The minimum Gasteiger partial charge on any atom is -0.394 e. The summed E-state index contributed by atoms with van der Waals surface area (Å²) < 4.78 is 0. The number of aliphatic hydroxyl groups excluding tert-OH is 1. The molecule has 0 aromatic heterocycles. The first-order valence-electron chi connectivity index (χ1n) is 9.22. The number of piperidine rings is 1. The van der Waals surface area contributed by atoms with E-state index in [9.17, 15) is 9.90 Å². The molecule has 2 heterocycles. The van der Waals surface area contributed by atoms with Crippen LogP contribution in [-0.4, -0.2) is 47.8 Å². The number of urea groups is 1.